The van der Waals surface area contributed by atoms with Crippen LogP contribution in [0.15, 0.2) is 58.0 Å². The van der Waals surface area contributed by atoms with Crippen LogP contribution >= 0.6 is 0 Å². The molecule has 3 aromatic rings. The van der Waals surface area contributed by atoms with Gasteiger partial charge in [-0.15, -0.1) is 0 Å². The van der Waals surface area contributed by atoms with Gasteiger partial charge in [-0.25, -0.2) is 17.8 Å². The molecule has 24 heavy (non-hydrogen) atoms. The van der Waals surface area contributed by atoms with Crippen LogP contribution in [-0.4, -0.2) is 13.4 Å². The number of aromatic nitrogens is 1. The lowest BCUT2D eigenvalue weighted by Gasteiger charge is -2.12. The molecular weight excluding hydrogens is 331 g/mol. The van der Waals surface area contributed by atoms with E-state index in [1.807, 2.05) is 0 Å². The van der Waals surface area contributed by atoms with Crippen LogP contribution in [0.5, 0.6) is 0 Å². The van der Waals surface area contributed by atoms with Crippen LogP contribution in [0.2, 0.25) is 0 Å². The van der Waals surface area contributed by atoms with E-state index < -0.39 is 15.8 Å². The lowest BCUT2D eigenvalue weighted by molar-refractivity contribution is 0.534. The van der Waals surface area contributed by atoms with E-state index in [9.17, 15) is 12.8 Å². The fraction of sp³-hybridized carbons (Fsp3) is 0.118. The Hall–Kier alpha value is -2.67. The minimum atomic E-state index is -3.94. The highest BCUT2D eigenvalue weighted by molar-refractivity contribution is 7.92. The van der Waals surface area contributed by atoms with E-state index in [4.69, 9.17) is 4.42 Å². The van der Waals surface area contributed by atoms with Crippen LogP contribution in [0.25, 0.3) is 11.3 Å². The Balaban J connectivity index is 2.03. The predicted octanol–water partition coefficient (Wildman–Crippen LogP) is 3.90. The van der Waals surface area contributed by atoms with Gasteiger partial charge in [0.1, 0.15) is 5.82 Å². The number of aryl methyl sites for hydroxylation is 2. The summed E-state index contributed by atoms with van der Waals surface area (Å²) >= 11 is 0. The lowest BCUT2D eigenvalue weighted by Crippen LogP contribution is -2.15. The summed E-state index contributed by atoms with van der Waals surface area (Å²) in [5.41, 5.74) is 1.02. The van der Waals surface area contributed by atoms with Crippen molar-refractivity contribution in [3.63, 3.8) is 0 Å². The van der Waals surface area contributed by atoms with E-state index in [0.717, 1.165) is 0 Å². The van der Waals surface area contributed by atoms with Gasteiger partial charge >= 0.3 is 0 Å². The summed E-state index contributed by atoms with van der Waals surface area (Å²) in [4.78, 5) is 4.06. The number of anilines is 1. The third kappa shape index (κ3) is 3.16. The summed E-state index contributed by atoms with van der Waals surface area (Å²) in [6, 6.07) is 10.5. The molecule has 0 saturated heterocycles. The van der Waals surface area contributed by atoms with Gasteiger partial charge in [-0.2, -0.15) is 0 Å². The highest BCUT2D eigenvalue weighted by Gasteiger charge is 2.20. The van der Waals surface area contributed by atoms with Gasteiger partial charge in [0.25, 0.3) is 10.0 Å². The molecule has 3 rings (SSSR count). The number of hydrogen-bond donors (Lipinski definition) is 1. The van der Waals surface area contributed by atoms with Crippen molar-refractivity contribution in [1.29, 1.82) is 0 Å². The molecule has 0 aliphatic heterocycles. The molecule has 1 aromatic heterocycles. The number of benzene rings is 2. The van der Waals surface area contributed by atoms with Gasteiger partial charge < -0.3 is 4.42 Å². The molecule has 7 heteroatoms. The molecule has 0 bridgehead atoms. The highest BCUT2D eigenvalue weighted by atomic mass is 32.2. The quantitative estimate of drug-likeness (QED) is 0.778. The number of oxazole rings is 1. The first kappa shape index (κ1) is 16.2. The zero-order valence-corrected chi connectivity index (χ0v) is 13.9. The number of nitrogens with one attached hydrogen (secondary N) is 1. The number of para-hydroxylation sites is 1. The van der Waals surface area contributed by atoms with E-state index in [1.54, 1.807) is 32.0 Å². The summed E-state index contributed by atoms with van der Waals surface area (Å²) in [6.45, 7) is 3.38. The molecule has 0 radical (unpaired) electrons. The molecule has 0 aliphatic carbocycles. The van der Waals surface area contributed by atoms with Crippen molar-refractivity contribution >= 4 is 15.7 Å². The average molecular weight is 346 g/mol. The normalized spacial score (nSPS) is 11.5. The molecule has 0 saturated carbocycles. The fourth-order valence-electron chi connectivity index (χ4n) is 2.28. The Morgan fingerprint density at radius 1 is 1.12 bits per heavy atom. The molecule has 0 amide bonds. The Labute approximate surface area is 139 Å². The minimum Gasteiger partial charge on any atom is -0.441 e. The SMILES string of the molecule is Cc1ncc(-c2ccc(C)c(S(=O)(=O)Nc3ccccc3F)c2)o1. The molecular formula is C17H15FN2O3S. The van der Waals surface area contributed by atoms with Gasteiger partial charge in [0.15, 0.2) is 11.7 Å². The number of halogens is 1. The average Bonchev–Trinajstić information content (AvgIpc) is 2.96. The molecule has 2 aromatic carbocycles. The first-order valence-electron chi connectivity index (χ1n) is 7.17. The fourth-order valence-corrected chi connectivity index (χ4v) is 3.62. The zero-order valence-electron chi connectivity index (χ0n) is 13.1. The second-order valence-electron chi connectivity index (χ2n) is 5.31. The highest BCUT2D eigenvalue weighted by Crippen LogP contribution is 2.27. The van der Waals surface area contributed by atoms with Crippen molar-refractivity contribution < 1.29 is 17.2 Å². The maximum atomic E-state index is 13.7. The van der Waals surface area contributed by atoms with Crippen LogP contribution in [0.4, 0.5) is 10.1 Å². The van der Waals surface area contributed by atoms with Crippen molar-refractivity contribution in [2.24, 2.45) is 0 Å². The summed E-state index contributed by atoms with van der Waals surface area (Å²) in [5.74, 6) is 0.315. The predicted molar refractivity (Wildman–Crippen MR) is 88.6 cm³/mol. The van der Waals surface area contributed by atoms with Gasteiger partial charge in [0.05, 0.1) is 16.8 Å². The van der Waals surface area contributed by atoms with Gasteiger partial charge in [0.2, 0.25) is 0 Å². The van der Waals surface area contributed by atoms with E-state index >= 15 is 0 Å². The molecule has 5 nitrogen and oxygen atoms in total. The third-order valence-electron chi connectivity index (χ3n) is 3.50. The molecule has 0 unspecified atom stereocenters. The van der Waals surface area contributed by atoms with Crippen LogP contribution in [-0.2, 0) is 10.0 Å². The molecule has 0 spiro atoms. The number of sulfonamides is 1. The Bertz CT molecular complexity index is 997. The standard InChI is InChI=1S/C17H15FN2O3S/c1-11-7-8-13(16-10-19-12(2)23-16)9-17(11)24(21,22)20-15-6-4-3-5-14(15)18/h3-10,20H,1-2H3. The maximum Gasteiger partial charge on any atom is 0.262 e. The molecule has 0 atom stereocenters. The van der Waals surface area contributed by atoms with E-state index in [1.165, 1.54) is 30.5 Å². The Morgan fingerprint density at radius 3 is 2.54 bits per heavy atom. The largest absolute Gasteiger partial charge is 0.441 e. The van der Waals surface area contributed by atoms with Crippen LogP contribution in [0.3, 0.4) is 0 Å². The molecule has 0 aliphatic rings. The topological polar surface area (TPSA) is 72.2 Å². The number of nitrogens with zero attached hydrogens (tertiary/aromatic N) is 1. The third-order valence-corrected chi connectivity index (χ3v) is 5.01. The zero-order chi connectivity index (χ0) is 17.3. The second kappa shape index (κ2) is 6.09. The van der Waals surface area contributed by atoms with Crippen molar-refractivity contribution in [2.75, 3.05) is 4.72 Å². The van der Waals surface area contributed by atoms with E-state index in [2.05, 4.69) is 9.71 Å². The lowest BCUT2D eigenvalue weighted by atomic mass is 10.1. The molecule has 1 N–H and O–H groups in total. The van der Waals surface area contributed by atoms with E-state index in [-0.39, 0.29) is 10.6 Å². The summed E-state index contributed by atoms with van der Waals surface area (Å²) < 4.78 is 46.7. The first-order valence-corrected chi connectivity index (χ1v) is 8.66. The van der Waals surface area contributed by atoms with Gasteiger partial charge in [0, 0.05) is 12.5 Å². The summed E-state index contributed by atoms with van der Waals surface area (Å²) in [7, 11) is -3.94. The van der Waals surface area contributed by atoms with Crippen molar-refractivity contribution in [3.05, 3.63) is 65.9 Å². The van der Waals surface area contributed by atoms with Crippen LogP contribution in [0, 0.1) is 19.7 Å². The van der Waals surface area contributed by atoms with Crippen molar-refractivity contribution in [2.45, 2.75) is 18.7 Å². The minimum absolute atomic E-state index is 0.0531. The summed E-state index contributed by atoms with van der Waals surface area (Å²) in [6.07, 6.45) is 1.53. The Morgan fingerprint density at radius 2 is 1.88 bits per heavy atom. The molecule has 1 heterocycles. The van der Waals surface area contributed by atoms with E-state index in [0.29, 0.717) is 22.8 Å². The van der Waals surface area contributed by atoms with Crippen LogP contribution in [0.1, 0.15) is 11.5 Å². The number of rotatable bonds is 4. The first-order chi connectivity index (χ1) is 11.4. The van der Waals surface area contributed by atoms with Gasteiger partial charge in [-0.05, 0) is 30.7 Å². The van der Waals surface area contributed by atoms with Crippen molar-refractivity contribution in [3.8, 4) is 11.3 Å². The Kier molecular flexibility index (Phi) is 4.11. The maximum absolute atomic E-state index is 13.7. The van der Waals surface area contributed by atoms with Gasteiger partial charge in [-0.1, -0.05) is 24.3 Å². The summed E-state index contributed by atoms with van der Waals surface area (Å²) in [5, 5.41) is 0. The van der Waals surface area contributed by atoms with Crippen molar-refractivity contribution in [1.82, 2.24) is 4.98 Å². The monoisotopic (exact) mass is 346 g/mol. The van der Waals surface area contributed by atoms with Crippen LogP contribution < -0.4 is 4.72 Å². The molecule has 124 valence electrons. The second-order valence-corrected chi connectivity index (χ2v) is 6.96. The molecule has 0 fully saturated rings. The number of hydrogen-bond acceptors (Lipinski definition) is 4. The smallest absolute Gasteiger partial charge is 0.262 e. The van der Waals surface area contributed by atoms with Gasteiger partial charge in [-0.3, -0.25) is 4.72 Å².